The molecule has 0 saturated carbocycles. The average molecular weight is 236 g/mol. The SMILES string of the molecule is CCOC(=O)c1cccc(N(CC)CC)c1N. The Morgan fingerprint density at radius 2 is 1.94 bits per heavy atom. The van der Waals surface area contributed by atoms with Gasteiger partial charge in [-0.25, -0.2) is 4.79 Å². The van der Waals surface area contributed by atoms with Crippen LogP contribution in [0, 0.1) is 0 Å². The molecule has 1 rings (SSSR count). The largest absolute Gasteiger partial charge is 0.462 e. The summed E-state index contributed by atoms with van der Waals surface area (Å²) >= 11 is 0. The third-order valence-corrected chi connectivity index (χ3v) is 2.68. The molecule has 1 aromatic carbocycles. The van der Waals surface area contributed by atoms with Crippen LogP contribution in [0.4, 0.5) is 11.4 Å². The van der Waals surface area contributed by atoms with Crippen LogP contribution in [0.2, 0.25) is 0 Å². The number of anilines is 2. The first-order valence-electron chi connectivity index (χ1n) is 5.96. The Hall–Kier alpha value is -1.71. The molecule has 4 heteroatoms. The van der Waals surface area contributed by atoms with E-state index in [0.717, 1.165) is 18.8 Å². The smallest absolute Gasteiger partial charge is 0.340 e. The van der Waals surface area contributed by atoms with Gasteiger partial charge >= 0.3 is 5.97 Å². The fourth-order valence-electron chi connectivity index (χ4n) is 1.78. The topological polar surface area (TPSA) is 55.6 Å². The van der Waals surface area contributed by atoms with Gasteiger partial charge in [0.2, 0.25) is 0 Å². The lowest BCUT2D eigenvalue weighted by atomic mass is 10.1. The number of carbonyl (C=O) groups excluding carboxylic acids is 1. The third-order valence-electron chi connectivity index (χ3n) is 2.68. The molecule has 0 aliphatic heterocycles. The van der Waals surface area contributed by atoms with E-state index in [0.29, 0.717) is 17.9 Å². The van der Waals surface area contributed by atoms with Gasteiger partial charge in [0.15, 0.2) is 0 Å². The summed E-state index contributed by atoms with van der Waals surface area (Å²) in [7, 11) is 0. The highest BCUT2D eigenvalue weighted by Gasteiger charge is 2.15. The Labute approximate surface area is 102 Å². The standard InChI is InChI=1S/C13H20N2O2/c1-4-15(5-2)11-9-7-8-10(12(11)14)13(16)17-6-3/h7-9H,4-6,14H2,1-3H3. The summed E-state index contributed by atoms with van der Waals surface area (Å²) in [6.45, 7) is 7.95. The van der Waals surface area contributed by atoms with Crippen molar-refractivity contribution in [2.45, 2.75) is 20.8 Å². The van der Waals surface area contributed by atoms with Crippen molar-refractivity contribution in [3.63, 3.8) is 0 Å². The van der Waals surface area contributed by atoms with Crippen LogP contribution < -0.4 is 10.6 Å². The zero-order valence-electron chi connectivity index (χ0n) is 10.7. The molecule has 0 bridgehead atoms. The maximum atomic E-state index is 11.7. The number of carbonyl (C=O) groups is 1. The molecule has 17 heavy (non-hydrogen) atoms. The van der Waals surface area contributed by atoms with Crippen molar-refractivity contribution in [2.75, 3.05) is 30.3 Å². The molecule has 2 N–H and O–H groups in total. The minimum Gasteiger partial charge on any atom is -0.462 e. The molecule has 1 aromatic rings. The second kappa shape index (κ2) is 6.13. The summed E-state index contributed by atoms with van der Waals surface area (Å²) in [5.41, 5.74) is 7.85. The quantitative estimate of drug-likeness (QED) is 0.629. The molecule has 0 aliphatic carbocycles. The van der Waals surface area contributed by atoms with Gasteiger partial charge in [0, 0.05) is 13.1 Å². The van der Waals surface area contributed by atoms with Crippen molar-refractivity contribution in [3.8, 4) is 0 Å². The molecule has 0 spiro atoms. The first kappa shape index (κ1) is 13.4. The lowest BCUT2D eigenvalue weighted by molar-refractivity contribution is 0.0527. The molecule has 0 unspecified atom stereocenters. The molecule has 0 saturated heterocycles. The monoisotopic (exact) mass is 236 g/mol. The van der Waals surface area contributed by atoms with Gasteiger partial charge in [-0.05, 0) is 32.9 Å². The van der Waals surface area contributed by atoms with Crippen LogP contribution >= 0.6 is 0 Å². The number of para-hydroxylation sites is 1. The molecule has 0 fully saturated rings. The number of ether oxygens (including phenoxy) is 1. The maximum Gasteiger partial charge on any atom is 0.340 e. The van der Waals surface area contributed by atoms with E-state index in [9.17, 15) is 4.79 Å². The first-order chi connectivity index (χ1) is 8.15. The number of hydrogen-bond acceptors (Lipinski definition) is 4. The summed E-state index contributed by atoms with van der Waals surface area (Å²) in [6.07, 6.45) is 0. The first-order valence-corrected chi connectivity index (χ1v) is 5.96. The lowest BCUT2D eigenvalue weighted by Crippen LogP contribution is -2.23. The van der Waals surface area contributed by atoms with Crippen molar-refractivity contribution in [2.24, 2.45) is 0 Å². The van der Waals surface area contributed by atoms with Crippen LogP contribution in [0.3, 0.4) is 0 Å². The average Bonchev–Trinajstić information content (AvgIpc) is 2.33. The van der Waals surface area contributed by atoms with Crippen LogP contribution in [0.1, 0.15) is 31.1 Å². The van der Waals surface area contributed by atoms with E-state index < -0.39 is 0 Å². The predicted octanol–water partition coefficient (Wildman–Crippen LogP) is 2.29. The van der Waals surface area contributed by atoms with Crippen LogP contribution in [-0.4, -0.2) is 25.7 Å². The van der Waals surface area contributed by atoms with E-state index in [1.54, 1.807) is 13.0 Å². The van der Waals surface area contributed by atoms with Gasteiger partial charge in [0.25, 0.3) is 0 Å². The lowest BCUT2D eigenvalue weighted by Gasteiger charge is -2.23. The van der Waals surface area contributed by atoms with Crippen LogP contribution in [0.5, 0.6) is 0 Å². The number of hydrogen-bond donors (Lipinski definition) is 1. The van der Waals surface area contributed by atoms with E-state index >= 15 is 0 Å². The van der Waals surface area contributed by atoms with E-state index in [1.165, 1.54) is 0 Å². The van der Waals surface area contributed by atoms with Crippen molar-refractivity contribution in [1.29, 1.82) is 0 Å². The summed E-state index contributed by atoms with van der Waals surface area (Å²) in [6, 6.07) is 5.45. The van der Waals surface area contributed by atoms with Gasteiger partial charge in [-0.2, -0.15) is 0 Å². The Bertz CT molecular complexity index is 387. The number of nitrogens with zero attached hydrogens (tertiary/aromatic N) is 1. The molecule has 4 nitrogen and oxygen atoms in total. The molecule has 94 valence electrons. The normalized spacial score (nSPS) is 10.1. The van der Waals surface area contributed by atoms with Gasteiger partial charge in [-0.1, -0.05) is 6.07 Å². The number of esters is 1. The van der Waals surface area contributed by atoms with Crippen LogP contribution in [0.15, 0.2) is 18.2 Å². The summed E-state index contributed by atoms with van der Waals surface area (Å²) in [4.78, 5) is 13.8. The van der Waals surface area contributed by atoms with Crippen molar-refractivity contribution >= 4 is 17.3 Å². The second-order valence-corrected chi connectivity index (χ2v) is 3.63. The van der Waals surface area contributed by atoms with Gasteiger partial charge in [-0.15, -0.1) is 0 Å². The number of nitrogens with two attached hydrogens (primary N) is 1. The Balaban J connectivity index is 3.10. The van der Waals surface area contributed by atoms with Crippen LogP contribution in [0.25, 0.3) is 0 Å². The number of rotatable bonds is 5. The summed E-state index contributed by atoms with van der Waals surface area (Å²) < 4.78 is 4.97. The zero-order chi connectivity index (χ0) is 12.8. The highest BCUT2D eigenvalue weighted by atomic mass is 16.5. The molecule has 0 aromatic heterocycles. The van der Waals surface area contributed by atoms with Gasteiger partial charge in [0.1, 0.15) is 0 Å². The minimum absolute atomic E-state index is 0.355. The van der Waals surface area contributed by atoms with Crippen molar-refractivity contribution in [1.82, 2.24) is 0 Å². The van der Waals surface area contributed by atoms with Gasteiger partial charge < -0.3 is 15.4 Å². The van der Waals surface area contributed by atoms with E-state index in [4.69, 9.17) is 10.5 Å². The van der Waals surface area contributed by atoms with Crippen molar-refractivity contribution < 1.29 is 9.53 Å². The predicted molar refractivity (Wildman–Crippen MR) is 70.4 cm³/mol. The second-order valence-electron chi connectivity index (χ2n) is 3.63. The Kier molecular flexibility index (Phi) is 4.82. The summed E-state index contributed by atoms with van der Waals surface area (Å²) in [5.74, 6) is -0.362. The number of nitrogen functional groups attached to an aromatic ring is 1. The summed E-state index contributed by atoms with van der Waals surface area (Å²) in [5, 5.41) is 0. The van der Waals surface area contributed by atoms with E-state index in [1.807, 2.05) is 12.1 Å². The minimum atomic E-state index is -0.362. The molecule has 0 radical (unpaired) electrons. The Morgan fingerprint density at radius 1 is 1.29 bits per heavy atom. The van der Waals surface area contributed by atoms with Gasteiger partial charge in [-0.3, -0.25) is 0 Å². The molecular formula is C13H20N2O2. The van der Waals surface area contributed by atoms with E-state index in [2.05, 4.69) is 18.7 Å². The maximum absolute atomic E-state index is 11.7. The molecule has 0 amide bonds. The zero-order valence-corrected chi connectivity index (χ0v) is 10.7. The molecule has 0 atom stereocenters. The highest BCUT2D eigenvalue weighted by Crippen LogP contribution is 2.27. The van der Waals surface area contributed by atoms with Crippen molar-refractivity contribution in [3.05, 3.63) is 23.8 Å². The molecule has 0 aliphatic rings. The fourth-order valence-corrected chi connectivity index (χ4v) is 1.78. The fraction of sp³-hybridized carbons (Fsp3) is 0.462. The van der Waals surface area contributed by atoms with Gasteiger partial charge in [0.05, 0.1) is 23.5 Å². The van der Waals surface area contributed by atoms with Crippen LogP contribution in [-0.2, 0) is 4.74 Å². The molecular weight excluding hydrogens is 216 g/mol. The Morgan fingerprint density at radius 3 is 2.47 bits per heavy atom. The highest BCUT2D eigenvalue weighted by molar-refractivity contribution is 5.98. The number of benzene rings is 1. The molecule has 0 heterocycles. The third kappa shape index (κ3) is 2.90. The van der Waals surface area contributed by atoms with E-state index in [-0.39, 0.29) is 5.97 Å².